The van der Waals surface area contributed by atoms with Gasteiger partial charge in [-0.25, -0.2) is 13.1 Å². The Morgan fingerprint density at radius 2 is 2.05 bits per heavy atom. The average Bonchev–Trinajstić information content (AvgIpc) is 3.06. The third kappa shape index (κ3) is 4.67. The van der Waals surface area contributed by atoms with E-state index in [1.165, 1.54) is 11.3 Å². The summed E-state index contributed by atoms with van der Waals surface area (Å²) in [7, 11) is -3.47. The standard InChI is InChI=1S/C14H20N2O3S2/c1-3-15-9-8-13-6-7-14(20-13)21(17,18)16-10-12-5-4-11(2)19-12/h4-7,15-16H,3,8-10H2,1-2H3. The fraction of sp³-hybridized carbons (Fsp3) is 0.429. The second-order valence-electron chi connectivity index (χ2n) is 4.66. The van der Waals surface area contributed by atoms with E-state index in [9.17, 15) is 8.42 Å². The summed E-state index contributed by atoms with van der Waals surface area (Å²) in [6.45, 7) is 5.81. The Morgan fingerprint density at radius 3 is 2.71 bits per heavy atom. The van der Waals surface area contributed by atoms with Gasteiger partial charge in [-0.2, -0.15) is 0 Å². The molecule has 0 atom stereocenters. The van der Waals surface area contributed by atoms with Gasteiger partial charge in [-0.05, 0) is 50.7 Å². The molecule has 2 rings (SSSR count). The number of likely N-dealkylation sites (N-methyl/N-ethyl adjacent to an activating group) is 1. The molecule has 0 amide bonds. The zero-order chi connectivity index (χ0) is 15.3. The van der Waals surface area contributed by atoms with Gasteiger partial charge in [-0.1, -0.05) is 6.92 Å². The van der Waals surface area contributed by atoms with Crippen molar-refractivity contribution < 1.29 is 12.8 Å². The maximum absolute atomic E-state index is 12.2. The minimum Gasteiger partial charge on any atom is -0.465 e. The monoisotopic (exact) mass is 328 g/mol. The predicted octanol–water partition coefficient (Wildman–Crippen LogP) is 2.28. The van der Waals surface area contributed by atoms with Gasteiger partial charge in [0, 0.05) is 4.88 Å². The number of furan rings is 1. The third-order valence-corrected chi connectivity index (χ3v) is 5.97. The Hall–Kier alpha value is -1.15. The first-order chi connectivity index (χ1) is 10.0. The summed E-state index contributed by atoms with van der Waals surface area (Å²) >= 11 is 1.31. The first-order valence-corrected chi connectivity index (χ1v) is 9.15. The molecule has 2 N–H and O–H groups in total. The molecule has 0 spiro atoms. The second-order valence-corrected chi connectivity index (χ2v) is 7.82. The van der Waals surface area contributed by atoms with Crippen LogP contribution >= 0.6 is 11.3 Å². The lowest BCUT2D eigenvalue weighted by Crippen LogP contribution is -2.22. The quantitative estimate of drug-likeness (QED) is 0.729. The van der Waals surface area contributed by atoms with E-state index in [0.29, 0.717) is 9.97 Å². The zero-order valence-electron chi connectivity index (χ0n) is 12.2. The number of thiophene rings is 1. The van der Waals surface area contributed by atoms with Crippen LogP contribution < -0.4 is 10.0 Å². The Labute approximate surface area is 129 Å². The van der Waals surface area contributed by atoms with Gasteiger partial charge >= 0.3 is 0 Å². The van der Waals surface area contributed by atoms with Gasteiger partial charge in [0.2, 0.25) is 10.0 Å². The highest BCUT2D eigenvalue weighted by molar-refractivity contribution is 7.91. The Kier molecular flexibility index (Phi) is 5.58. The molecule has 7 heteroatoms. The van der Waals surface area contributed by atoms with Crippen LogP contribution in [0.3, 0.4) is 0 Å². The van der Waals surface area contributed by atoms with Gasteiger partial charge in [0.25, 0.3) is 0 Å². The number of rotatable bonds is 8. The molecule has 2 aromatic rings. The summed E-state index contributed by atoms with van der Waals surface area (Å²) in [6, 6.07) is 7.11. The lowest BCUT2D eigenvalue weighted by Gasteiger charge is -2.02. The molecular weight excluding hydrogens is 308 g/mol. The van der Waals surface area contributed by atoms with Crippen molar-refractivity contribution in [3.05, 3.63) is 40.7 Å². The molecule has 5 nitrogen and oxygen atoms in total. The molecule has 116 valence electrons. The van der Waals surface area contributed by atoms with Gasteiger partial charge in [-0.15, -0.1) is 11.3 Å². The SMILES string of the molecule is CCNCCc1ccc(S(=O)(=O)NCc2ccc(C)o2)s1. The van der Waals surface area contributed by atoms with Gasteiger partial charge < -0.3 is 9.73 Å². The summed E-state index contributed by atoms with van der Waals surface area (Å²) in [4.78, 5) is 1.06. The van der Waals surface area contributed by atoms with E-state index in [1.807, 2.05) is 26.0 Å². The van der Waals surface area contributed by atoms with E-state index < -0.39 is 10.0 Å². The van der Waals surface area contributed by atoms with Crippen molar-refractivity contribution in [3.8, 4) is 0 Å². The Bertz CT molecular complexity index is 674. The molecule has 0 aliphatic rings. The average molecular weight is 328 g/mol. The first-order valence-electron chi connectivity index (χ1n) is 6.85. The van der Waals surface area contributed by atoms with Gasteiger partial charge in [0.15, 0.2) is 0 Å². The van der Waals surface area contributed by atoms with E-state index in [0.717, 1.165) is 30.1 Å². The number of aryl methyl sites for hydroxylation is 1. The highest BCUT2D eigenvalue weighted by Crippen LogP contribution is 2.22. The van der Waals surface area contributed by atoms with Crippen LogP contribution in [0.2, 0.25) is 0 Å². The smallest absolute Gasteiger partial charge is 0.250 e. The van der Waals surface area contributed by atoms with E-state index in [4.69, 9.17) is 4.42 Å². The highest BCUT2D eigenvalue weighted by atomic mass is 32.2. The predicted molar refractivity (Wildman–Crippen MR) is 84.0 cm³/mol. The molecule has 0 saturated heterocycles. The molecule has 0 saturated carbocycles. The molecule has 0 unspecified atom stereocenters. The summed E-state index contributed by atoms with van der Waals surface area (Å²) < 4.78 is 32.7. The number of sulfonamides is 1. The number of nitrogens with one attached hydrogen (secondary N) is 2. The molecule has 2 heterocycles. The van der Waals surface area contributed by atoms with Crippen molar-refractivity contribution in [1.82, 2.24) is 10.0 Å². The van der Waals surface area contributed by atoms with Gasteiger partial charge in [0.05, 0.1) is 6.54 Å². The van der Waals surface area contributed by atoms with Gasteiger partial charge in [-0.3, -0.25) is 0 Å². The van der Waals surface area contributed by atoms with Crippen molar-refractivity contribution in [2.45, 2.75) is 31.0 Å². The fourth-order valence-electron chi connectivity index (χ4n) is 1.84. The van der Waals surface area contributed by atoms with Crippen molar-refractivity contribution in [2.24, 2.45) is 0 Å². The zero-order valence-corrected chi connectivity index (χ0v) is 13.8. The largest absolute Gasteiger partial charge is 0.465 e. The molecule has 0 aliphatic carbocycles. The normalized spacial score (nSPS) is 11.9. The summed E-state index contributed by atoms with van der Waals surface area (Å²) in [5.41, 5.74) is 0. The van der Waals surface area contributed by atoms with Gasteiger partial charge in [0.1, 0.15) is 15.7 Å². The van der Waals surface area contributed by atoms with E-state index >= 15 is 0 Å². The number of hydrogen-bond donors (Lipinski definition) is 2. The minimum atomic E-state index is -3.47. The van der Waals surface area contributed by atoms with Crippen molar-refractivity contribution in [1.29, 1.82) is 0 Å². The molecule has 0 aliphatic heterocycles. The molecule has 0 bridgehead atoms. The molecule has 21 heavy (non-hydrogen) atoms. The summed E-state index contributed by atoms with van der Waals surface area (Å²) in [5, 5.41) is 3.22. The van der Waals surface area contributed by atoms with Crippen LogP contribution in [0.4, 0.5) is 0 Å². The third-order valence-electron chi connectivity index (χ3n) is 2.93. The van der Waals surface area contributed by atoms with Crippen molar-refractivity contribution in [2.75, 3.05) is 13.1 Å². The Balaban J connectivity index is 1.95. The maximum Gasteiger partial charge on any atom is 0.250 e. The maximum atomic E-state index is 12.2. The lowest BCUT2D eigenvalue weighted by molar-refractivity contribution is 0.475. The van der Waals surface area contributed by atoms with Crippen LogP contribution in [0.15, 0.2) is 32.9 Å². The van der Waals surface area contributed by atoms with E-state index in [-0.39, 0.29) is 6.54 Å². The molecule has 0 radical (unpaired) electrons. The van der Waals surface area contributed by atoms with Crippen LogP contribution in [-0.4, -0.2) is 21.5 Å². The second kappa shape index (κ2) is 7.22. The molecular formula is C14H20N2O3S2. The summed E-state index contributed by atoms with van der Waals surface area (Å²) in [6.07, 6.45) is 0.839. The Morgan fingerprint density at radius 1 is 1.24 bits per heavy atom. The van der Waals surface area contributed by atoms with Crippen LogP contribution in [-0.2, 0) is 23.0 Å². The minimum absolute atomic E-state index is 0.167. The van der Waals surface area contributed by atoms with Crippen LogP contribution in [0.5, 0.6) is 0 Å². The highest BCUT2D eigenvalue weighted by Gasteiger charge is 2.17. The van der Waals surface area contributed by atoms with E-state index in [1.54, 1.807) is 12.1 Å². The number of hydrogen-bond acceptors (Lipinski definition) is 5. The van der Waals surface area contributed by atoms with Crippen molar-refractivity contribution in [3.63, 3.8) is 0 Å². The topological polar surface area (TPSA) is 71.3 Å². The lowest BCUT2D eigenvalue weighted by atomic mass is 10.3. The van der Waals surface area contributed by atoms with E-state index in [2.05, 4.69) is 10.0 Å². The summed E-state index contributed by atoms with van der Waals surface area (Å²) in [5.74, 6) is 1.38. The molecule has 0 aromatic carbocycles. The first kappa shape index (κ1) is 16.2. The van der Waals surface area contributed by atoms with Crippen LogP contribution in [0.1, 0.15) is 23.3 Å². The van der Waals surface area contributed by atoms with Crippen LogP contribution in [0.25, 0.3) is 0 Å². The fourth-order valence-corrected chi connectivity index (χ4v) is 4.24. The van der Waals surface area contributed by atoms with Crippen molar-refractivity contribution >= 4 is 21.4 Å². The molecule has 0 fully saturated rings. The van der Waals surface area contributed by atoms with Crippen LogP contribution in [0, 0.1) is 6.92 Å². The molecule has 2 aromatic heterocycles.